The smallest absolute Gasteiger partial charge is 0.0869 e. The third kappa shape index (κ3) is 3.76. The van der Waals surface area contributed by atoms with Crippen molar-refractivity contribution < 1.29 is 5.11 Å². The van der Waals surface area contributed by atoms with Crippen LogP contribution in [0.2, 0.25) is 5.02 Å². The lowest BCUT2D eigenvalue weighted by atomic mass is 9.90. The monoisotopic (exact) mass is 308 g/mol. The molecule has 1 nitrogen and oxygen atoms in total. The van der Waals surface area contributed by atoms with Crippen molar-refractivity contribution in [2.75, 3.05) is 5.88 Å². The molecule has 0 aliphatic rings. The van der Waals surface area contributed by atoms with E-state index in [4.69, 9.17) is 23.2 Å². The van der Waals surface area contributed by atoms with E-state index in [0.717, 1.165) is 28.1 Å². The fraction of sp³-hybridized carbons (Fsp3) is 0.294. The highest BCUT2D eigenvalue weighted by atomic mass is 35.5. The summed E-state index contributed by atoms with van der Waals surface area (Å²) in [4.78, 5) is 0. The summed E-state index contributed by atoms with van der Waals surface area (Å²) in [6.45, 7) is 1.83. The molecule has 0 fully saturated rings. The minimum Gasteiger partial charge on any atom is -0.385 e. The first-order chi connectivity index (χ1) is 9.53. The average Bonchev–Trinajstić information content (AvgIpc) is 2.45. The number of alkyl halides is 1. The zero-order valence-corrected chi connectivity index (χ0v) is 13.0. The van der Waals surface area contributed by atoms with E-state index in [-0.39, 0.29) is 0 Å². The molecule has 1 unspecified atom stereocenters. The van der Waals surface area contributed by atoms with Crippen molar-refractivity contribution in [2.24, 2.45) is 0 Å². The van der Waals surface area contributed by atoms with Gasteiger partial charge in [-0.1, -0.05) is 48.0 Å². The second kappa shape index (κ2) is 6.62. The normalized spacial score (nSPS) is 14.0. The Morgan fingerprint density at radius 3 is 2.35 bits per heavy atom. The zero-order valence-electron chi connectivity index (χ0n) is 11.4. The fourth-order valence-corrected chi connectivity index (χ4v) is 2.57. The van der Waals surface area contributed by atoms with Gasteiger partial charge in [0.05, 0.1) is 5.60 Å². The molecule has 0 aliphatic carbocycles. The number of rotatable bonds is 5. The van der Waals surface area contributed by atoms with Crippen LogP contribution in [-0.2, 0) is 5.60 Å². The Kier molecular flexibility index (Phi) is 5.09. The van der Waals surface area contributed by atoms with Crippen molar-refractivity contribution in [2.45, 2.75) is 25.4 Å². The third-order valence-corrected chi connectivity index (χ3v) is 3.96. The van der Waals surface area contributed by atoms with E-state index in [2.05, 4.69) is 0 Å². The van der Waals surface area contributed by atoms with Gasteiger partial charge in [0.2, 0.25) is 0 Å². The van der Waals surface area contributed by atoms with Gasteiger partial charge in [0.25, 0.3) is 0 Å². The molecule has 20 heavy (non-hydrogen) atoms. The minimum absolute atomic E-state index is 0.566. The van der Waals surface area contributed by atoms with E-state index in [0.29, 0.717) is 12.3 Å². The van der Waals surface area contributed by atoms with Gasteiger partial charge in [-0.15, -0.1) is 11.6 Å². The number of benzene rings is 2. The maximum atomic E-state index is 10.4. The van der Waals surface area contributed by atoms with Crippen LogP contribution in [0.15, 0.2) is 48.5 Å². The Labute approximate surface area is 130 Å². The van der Waals surface area contributed by atoms with Crippen molar-refractivity contribution in [1.82, 2.24) is 0 Å². The molecule has 0 radical (unpaired) electrons. The first-order valence-electron chi connectivity index (χ1n) is 6.68. The summed E-state index contributed by atoms with van der Waals surface area (Å²) in [6.07, 6.45) is 1.46. The second-order valence-electron chi connectivity index (χ2n) is 5.15. The fourth-order valence-electron chi connectivity index (χ4n) is 2.25. The van der Waals surface area contributed by atoms with Crippen LogP contribution in [0.25, 0.3) is 11.1 Å². The lowest BCUT2D eigenvalue weighted by molar-refractivity contribution is 0.0472. The molecule has 2 aromatic carbocycles. The van der Waals surface area contributed by atoms with Crippen LogP contribution in [0.4, 0.5) is 0 Å². The largest absolute Gasteiger partial charge is 0.385 e. The van der Waals surface area contributed by atoms with E-state index in [1.807, 2.05) is 55.5 Å². The molecular formula is C17H18Cl2O. The van der Waals surface area contributed by atoms with Crippen LogP contribution < -0.4 is 0 Å². The topological polar surface area (TPSA) is 20.2 Å². The van der Waals surface area contributed by atoms with Gasteiger partial charge in [-0.05, 0) is 48.6 Å². The maximum Gasteiger partial charge on any atom is 0.0869 e. The zero-order chi connectivity index (χ0) is 14.6. The van der Waals surface area contributed by atoms with Crippen LogP contribution in [0.1, 0.15) is 25.3 Å². The van der Waals surface area contributed by atoms with Gasteiger partial charge in [-0.2, -0.15) is 0 Å². The Balaban J connectivity index is 2.22. The minimum atomic E-state index is -0.832. The molecule has 0 saturated heterocycles. The number of hydrogen-bond acceptors (Lipinski definition) is 1. The molecule has 106 valence electrons. The lowest BCUT2D eigenvalue weighted by Crippen LogP contribution is -2.21. The van der Waals surface area contributed by atoms with E-state index in [9.17, 15) is 5.11 Å². The molecule has 0 heterocycles. The highest BCUT2D eigenvalue weighted by Gasteiger charge is 2.22. The molecule has 0 aromatic heterocycles. The van der Waals surface area contributed by atoms with E-state index < -0.39 is 5.60 Å². The van der Waals surface area contributed by atoms with Crippen LogP contribution in [0.3, 0.4) is 0 Å². The van der Waals surface area contributed by atoms with Crippen molar-refractivity contribution in [3.05, 3.63) is 59.1 Å². The second-order valence-corrected chi connectivity index (χ2v) is 5.97. The number of hydrogen-bond donors (Lipinski definition) is 1. The predicted octanol–water partition coefficient (Wildman–Crippen LogP) is 5.23. The predicted molar refractivity (Wildman–Crippen MR) is 86.4 cm³/mol. The Bertz CT molecular complexity index is 561. The Morgan fingerprint density at radius 2 is 1.75 bits per heavy atom. The highest BCUT2D eigenvalue weighted by Crippen LogP contribution is 2.29. The standard InChI is InChI=1S/C17H18Cl2O/c1-17(20,10-3-11-18)15-8-6-13(7-9-15)14-4-2-5-16(19)12-14/h2,4-9,12,20H,3,10-11H2,1H3. The van der Waals surface area contributed by atoms with Crippen molar-refractivity contribution >= 4 is 23.2 Å². The van der Waals surface area contributed by atoms with E-state index in [1.165, 1.54) is 0 Å². The quantitative estimate of drug-likeness (QED) is 0.749. The van der Waals surface area contributed by atoms with Gasteiger partial charge in [0.1, 0.15) is 0 Å². The first-order valence-corrected chi connectivity index (χ1v) is 7.59. The summed E-state index contributed by atoms with van der Waals surface area (Å²) in [5, 5.41) is 11.2. The molecule has 0 amide bonds. The summed E-state index contributed by atoms with van der Waals surface area (Å²) >= 11 is 11.7. The molecule has 0 bridgehead atoms. The summed E-state index contributed by atoms with van der Waals surface area (Å²) in [6, 6.07) is 15.7. The summed E-state index contributed by atoms with van der Waals surface area (Å²) in [7, 11) is 0. The summed E-state index contributed by atoms with van der Waals surface area (Å²) < 4.78 is 0. The van der Waals surface area contributed by atoms with E-state index >= 15 is 0 Å². The lowest BCUT2D eigenvalue weighted by Gasteiger charge is -2.23. The molecule has 0 saturated carbocycles. The van der Waals surface area contributed by atoms with Gasteiger partial charge in [-0.3, -0.25) is 0 Å². The maximum absolute atomic E-state index is 10.4. The number of halogens is 2. The molecular weight excluding hydrogens is 291 g/mol. The molecule has 1 N–H and O–H groups in total. The van der Waals surface area contributed by atoms with Crippen molar-refractivity contribution in [3.63, 3.8) is 0 Å². The van der Waals surface area contributed by atoms with Crippen molar-refractivity contribution in [3.8, 4) is 11.1 Å². The summed E-state index contributed by atoms with van der Waals surface area (Å²) in [5.74, 6) is 0.566. The first kappa shape index (κ1) is 15.4. The Hall–Kier alpha value is -1.02. The highest BCUT2D eigenvalue weighted by molar-refractivity contribution is 6.30. The molecule has 0 aliphatic heterocycles. The van der Waals surface area contributed by atoms with Crippen LogP contribution in [-0.4, -0.2) is 11.0 Å². The molecule has 2 aromatic rings. The molecule has 1 atom stereocenters. The van der Waals surface area contributed by atoms with Crippen LogP contribution in [0.5, 0.6) is 0 Å². The van der Waals surface area contributed by atoms with Gasteiger partial charge in [-0.25, -0.2) is 0 Å². The average molecular weight is 309 g/mol. The van der Waals surface area contributed by atoms with Gasteiger partial charge >= 0.3 is 0 Å². The van der Waals surface area contributed by atoms with Gasteiger partial charge < -0.3 is 5.11 Å². The Morgan fingerprint density at radius 1 is 1.05 bits per heavy atom. The van der Waals surface area contributed by atoms with Crippen LogP contribution >= 0.6 is 23.2 Å². The summed E-state index contributed by atoms with van der Waals surface area (Å²) in [5.41, 5.74) is 2.24. The van der Waals surface area contributed by atoms with Crippen LogP contribution in [0, 0.1) is 0 Å². The number of aliphatic hydroxyl groups is 1. The van der Waals surface area contributed by atoms with E-state index in [1.54, 1.807) is 0 Å². The van der Waals surface area contributed by atoms with Gasteiger partial charge in [0, 0.05) is 10.9 Å². The van der Waals surface area contributed by atoms with Crippen molar-refractivity contribution in [1.29, 1.82) is 0 Å². The molecule has 0 spiro atoms. The molecule has 2 rings (SSSR count). The van der Waals surface area contributed by atoms with Gasteiger partial charge in [0.15, 0.2) is 0 Å². The SMILES string of the molecule is CC(O)(CCCCl)c1ccc(-c2cccc(Cl)c2)cc1. The third-order valence-electron chi connectivity index (χ3n) is 3.46. The molecule has 3 heteroatoms.